The highest BCUT2D eigenvalue weighted by atomic mass is 16.7. The van der Waals surface area contributed by atoms with Gasteiger partial charge < -0.3 is 14.6 Å². The lowest BCUT2D eigenvalue weighted by Gasteiger charge is -2.25. The van der Waals surface area contributed by atoms with Crippen molar-refractivity contribution in [2.45, 2.75) is 64.4 Å². The third kappa shape index (κ3) is 5.00. The molecule has 21 heavy (non-hydrogen) atoms. The summed E-state index contributed by atoms with van der Waals surface area (Å²) in [6.07, 6.45) is 7.84. The predicted molar refractivity (Wildman–Crippen MR) is 80.2 cm³/mol. The standard InChI is InChI=1S/C16H27NO4/c1-12(2)6-5-7-13-10-14(11-17(13)16(18)19)21-15-8-3-4-9-20-15/h5,7,12-15H,3-4,6,8-11H2,1-2H3,(H,18,19)/t13-,14-,15?/m1/s1. The van der Waals surface area contributed by atoms with Gasteiger partial charge in [0.1, 0.15) is 0 Å². The second kappa shape index (κ2) is 7.80. The Bertz CT molecular complexity index is 363. The lowest BCUT2D eigenvalue weighted by Crippen LogP contribution is -2.34. The summed E-state index contributed by atoms with van der Waals surface area (Å²) in [6, 6.07) is -0.0742. The molecule has 2 heterocycles. The third-order valence-corrected chi connectivity index (χ3v) is 4.00. The van der Waals surface area contributed by atoms with Crippen molar-refractivity contribution in [3.05, 3.63) is 12.2 Å². The third-order valence-electron chi connectivity index (χ3n) is 4.00. The zero-order chi connectivity index (χ0) is 15.2. The first-order valence-corrected chi connectivity index (χ1v) is 7.99. The molecule has 1 amide bonds. The van der Waals surface area contributed by atoms with Crippen molar-refractivity contribution in [2.24, 2.45) is 5.92 Å². The smallest absolute Gasteiger partial charge is 0.407 e. The van der Waals surface area contributed by atoms with Gasteiger partial charge in [0, 0.05) is 6.61 Å². The normalized spacial score (nSPS) is 30.4. The first-order chi connectivity index (χ1) is 10.1. The molecule has 0 bridgehead atoms. The van der Waals surface area contributed by atoms with Gasteiger partial charge in [-0.05, 0) is 38.0 Å². The van der Waals surface area contributed by atoms with Gasteiger partial charge in [-0.15, -0.1) is 0 Å². The fraction of sp³-hybridized carbons (Fsp3) is 0.812. The van der Waals surface area contributed by atoms with E-state index in [4.69, 9.17) is 9.47 Å². The first kappa shape index (κ1) is 16.3. The molecule has 0 aromatic carbocycles. The Morgan fingerprint density at radius 3 is 2.90 bits per heavy atom. The Hall–Kier alpha value is -1.07. The molecule has 2 aliphatic heterocycles. The summed E-state index contributed by atoms with van der Waals surface area (Å²) in [5, 5.41) is 9.32. The van der Waals surface area contributed by atoms with Gasteiger partial charge in [-0.3, -0.25) is 4.90 Å². The number of rotatable bonds is 5. The molecule has 0 aromatic rings. The van der Waals surface area contributed by atoms with E-state index in [0.29, 0.717) is 12.5 Å². The predicted octanol–water partition coefficient (Wildman–Crippen LogP) is 3.25. The molecule has 0 aromatic heterocycles. The van der Waals surface area contributed by atoms with Crippen LogP contribution in [0, 0.1) is 5.92 Å². The van der Waals surface area contributed by atoms with E-state index < -0.39 is 6.09 Å². The number of carboxylic acid groups (broad SMARTS) is 1. The van der Waals surface area contributed by atoms with Crippen LogP contribution in [0.2, 0.25) is 0 Å². The van der Waals surface area contributed by atoms with Gasteiger partial charge >= 0.3 is 6.09 Å². The first-order valence-electron chi connectivity index (χ1n) is 7.99. The summed E-state index contributed by atoms with van der Waals surface area (Å²) in [6.45, 7) is 5.49. The molecular formula is C16H27NO4. The highest BCUT2D eigenvalue weighted by Gasteiger charge is 2.35. The minimum Gasteiger partial charge on any atom is -0.465 e. The largest absolute Gasteiger partial charge is 0.465 e. The van der Waals surface area contributed by atoms with Crippen molar-refractivity contribution in [1.82, 2.24) is 4.90 Å². The van der Waals surface area contributed by atoms with E-state index in [0.717, 1.165) is 38.7 Å². The Balaban J connectivity index is 1.88. The average Bonchev–Trinajstić information content (AvgIpc) is 2.82. The monoisotopic (exact) mass is 297 g/mol. The van der Waals surface area contributed by atoms with Crippen LogP contribution in [0.4, 0.5) is 4.79 Å². The number of likely N-dealkylation sites (tertiary alicyclic amines) is 1. The van der Waals surface area contributed by atoms with Crippen LogP contribution in [0.5, 0.6) is 0 Å². The molecule has 0 saturated carbocycles. The average molecular weight is 297 g/mol. The molecule has 120 valence electrons. The molecule has 0 radical (unpaired) electrons. The van der Waals surface area contributed by atoms with Crippen LogP contribution in [-0.2, 0) is 9.47 Å². The molecule has 2 aliphatic rings. The maximum absolute atomic E-state index is 11.4. The molecular weight excluding hydrogens is 270 g/mol. The van der Waals surface area contributed by atoms with Crippen LogP contribution < -0.4 is 0 Å². The molecule has 5 nitrogen and oxygen atoms in total. The molecule has 0 spiro atoms. The maximum atomic E-state index is 11.4. The van der Waals surface area contributed by atoms with Crippen LogP contribution in [-0.4, -0.2) is 47.7 Å². The second-order valence-corrected chi connectivity index (χ2v) is 6.35. The Morgan fingerprint density at radius 1 is 1.48 bits per heavy atom. The Kier molecular flexibility index (Phi) is 6.06. The summed E-state index contributed by atoms with van der Waals surface area (Å²) in [5.41, 5.74) is 0. The van der Waals surface area contributed by atoms with Crippen LogP contribution in [0.3, 0.4) is 0 Å². The zero-order valence-electron chi connectivity index (χ0n) is 13.0. The number of hydrogen-bond acceptors (Lipinski definition) is 3. The van der Waals surface area contributed by atoms with Gasteiger partial charge in [-0.25, -0.2) is 4.79 Å². The molecule has 0 aliphatic carbocycles. The van der Waals surface area contributed by atoms with Gasteiger partial charge in [0.2, 0.25) is 0 Å². The number of ether oxygens (including phenoxy) is 2. The zero-order valence-corrected chi connectivity index (χ0v) is 13.0. The molecule has 1 unspecified atom stereocenters. The van der Waals surface area contributed by atoms with Crippen molar-refractivity contribution in [3.63, 3.8) is 0 Å². The van der Waals surface area contributed by atoms with Gasteiger partial charge in [-0.2, -0.15) is 0 Å². The van der Waals surface area contributed by atoms with Crippen molar-refractivity contribution < 1.29 is 19.4 Å². The summed E-state index contributed by atoms with van der Waals surface area (Å²) in [5.74, 6) is 0.587. The van der Waals surface area contributed by atoms with Crippen LogP contribution >= 0.6 is 0 Å². The summed E-state index contributed by atoms with van der Waals surface area (Å²) in [4.78, 5) is 12.8. The summed E-state index contributed by atoms with van der Waals surface area (Å²) < 4.78 is 11.5. The van der Waals surface area contributed by atoms with Crippen molar-refractivity contribution >= 4 is 6.09 Å². The van der Waals surface area contributed by atoms with Crippen molar-refractivity contribution in [1.29, 1.82) is 0 Å². The number of nitrogens with zero attached hydrogens (tertiary/aromatic N) is 1. The molecule has 2 saturated heterocycles. The summed E-state index contributed by atoms with van der Waals surface area (Å²) in [7, 11) is 0. The topological polar surface area (TPSA) is 59.0 Å². The lowest BCUT2D eigenvalue weighted by molar-refractivity contribution is -0.184. The van der Waals surface area contributed by atoms with Crippen molar-refractivity contribution in [3.8, 4) is 0 Å². The van der Waals surface area contributed by atoms with E-state index in [-0.39, 0.29) is 18.4 Å². The highest BCUT2D eigenvalue weighted by Crippen LogP contribution is 2.25. The van der Waals surface area contributed by atoms with Gasteiger partial charge in [0.25, 0.3) is 0 Å². The second-order valence-electron chi connectivity index (χ2n) is 6.35. The number of amides is 1. The summed E-state index contributed by atoms with van der Waals surface area (Å²) >= 11 is 0. The highest BCUT2D eigenvalue weighted by molar-refractivity contribution is 5.66. The Labute approximate surface area is 126 Å². The van der Waals surface area contributed by atoms with E-state index in [1.54, 1.807) is 0 Å². The maximum Gasteiger partial charge on any atom is 0.407 e. The van der Waals surface area contributed by atoms with Crippen LogP contribution in [0.25, 0.3) is 0 Å². The molecule has 5 heteroatoms. The minimum atomic E-state index is -0.871. The van der Waals surface area contributed by atoms with Gasteiger partial charge in [-0.1, -0.05) is 26.0 Å². The molecule has 1 N–H and O–H groups in total. The SMILES string of the molecule is CC(C)CC=C[C@@H]1C[C@@H](OC2CCCCO2)CN1C(=O)O. The molecule has 3 atom stereocenters. The van der Waals surface area contributed by atoms with E-state index in [9.17, 15) is 9.90 Å². The van der Waals surface area contributed by atoms with E-state index in [1.807, 2.05) is 6.08 Å². The number of carbonyl (C=O) groups is 1. The number of hydrogen-bond donors (Lipinski definition) is 1. The number of allylic oxidation sites excluding steroid dienone is 1. The van der Waals surface area contributed by atoms with Gasteiger partial charge in [0.05, 0.1) is 18.7 Å². The van der Waals surface area contributed by atoms with Crippen LogP contribution in [0.15, 0.2) is 12.2 Å². The molecule has 2 rings (SSSR count). The fourth-order valence-corrected chi connectivity index (χ4v) is 2.87. The Morgan fingerprint density at radius 2 is 2.29 bits per heavy atom. The van der Waals surface area contributed by atoms with E-state index in [2.05, 4.69) is 19.9 Å². The van der Waals surface area contributed by atoms with E-state index in [1.165, 1.54) is 4.90 Å². The molecule has 2 fully saturated rings. The van der Waals surface area contributed by atoms with E-state index >= 15 is 0 Å². The quantitative estimate of drug-likeness (QED) is 0.791. The van der Waals surface area contributed by atoms with Crippen molar-refractivity contribution in [2.75, 3.05) is 13.2 Å². The van der Waals surface area contributed by atoms with Crippen LogP contribution in [0.1, 0.15) is 46.0 Å². The lowest BCUT2D eigenvalue weighted by atomic mass is 10.1. The minimum absolute atomic E-state index is 0.0575. The van der Waals surface area contributed by atoms with Gasteiger partial charge in [0.15, 0.2) is 6.29 Å². The fourth-order valence-electron chi connectivity index (χ4n) is 2.87.